The normalized spacial score (nSPS) is 29.2. The summed E-state index contributed by atoms with van der Waals surface area (Å²) in [5.41, 5.74) is 0. The summed E-state index contributed by atoms with van der Waals surface area (Å²) in [6.45, 7) is 2.52. The molecular formula is C12H23NS2. The van der Waals surface area contributed by atoms with Crippen LogP contribution in [-0.2, 0) is 0 Å². The second-order valence-corrected chi connectivity index (χ2v) is 7.29. The number of thioether (sulfide) groups is 2. The summed E-state index contributed by atoms with van der Waals surface area (Å²) in [7, 11) is 0. The van der Waals surface area contributed by atoms with E-state index in [2.05, 4.69) is 28.8 Å². The third-order valence-corrected chi connectivity index (χ3v) is 6.26. The van der Waals surface area contributed by atoms with Crippen molar-refractivity contribution >= 4 is 23.5 Å². The minimum absolute atomic E-state index is 0.882. The van der Waals surface area contributed by atoms with E-state index in [0.29, 0.717) is 0 Å². The van der Waals surface area contributed by atoms with E-state index < -0.39 is 0 Å². The Labute approximate surface area is 103 Å². The molecule has 2 rings (SSSR count). The molecule has 88 valence electrons. The lowest BCUT2D eigenvalue weighted by Gasteiger charge is -2.25. The van der Waals surface area contributed by atoms with Crippen LogP contribution in [0.15, 0.2) is 0 Å². The Kier molecular flexibility index (Phi) is 5.72. The Hall–Kier alpha value is 0.660. The molecule has 0 bridgehead atoms. The first-order valence-corrected chi connectivity index (χ1v) is 8.55. The highest BCUT2D eigenvalue weighted by Crippen LogP contribution is 2.24. The van der Waals surface area contributed by atoms with Crippen molar-refractivity contribution in [3.05, 3.63) is 0 Å². The molecule has 1 unspecified atom stereocenters. The monoisotopic (exact) mass is 245 g/mol. The van der Waals surface area contributed by atoms with E-state index >= 15 is 0 Å². The largest absolute Gasteiger partial charge is 0.315 e. The molecule has 1 saturated heterocycles. The fourth-order valence-corrected chi connectivity index (χ4v) is 5.14. The van der Waals surface area contributed by atoms with Gasteiger partial charge in [-0.25, -0.2) is 0 Å². The smallest absolute Gasteiger partial charge is 0.0263 e. The minimum atomic E-state index is 0.882. The molecule has 2 fully saturated rings. The molecule has 0 aromatic carbocycles. The molecule has 0 aromatic rings. The van der Waals surface area contributed by atoms with Gasteiger partial charge in [0, 0.05) is 29.1 Å². The van der Waals surface area contributed by atoms with Gasteiger partial charge in [-0.1, -0.05) is 19.3 Å². The van der Waals surface area contributed by atoms with Crippen molar-refractivity contribution in [1.29, 1.82) is 0 Å². The Bertz CT molecular complexity index is 145. The van der Waals surface area contributed by atoms with Crippen LogP contribution >= 0.6 is 23.5 Å². The van der Waals surface area contributed by atoms with Gasteiger partial charge in [0.25, 0.3) is 0 Å². The van der Waals surface area contributed by atoms with E-state index in [0.717, 1.165) is 11.2 Å². The van der Waals surface area contributed by atoms with Gasteiger partial charge in [0.1, 0.15) is 0 Å². The molecule has 0 spiro atoms. The highest BCUT2D eigenvalue weighted by atomic mass is 32.2. The molecule has 15 heavy (non-hydrogen) atoms. The predicted molar refractivity (Wildman–Crippen MR) is 73.0 cm³/mol. The Morgan fingerprint density at radius 2 is 1.87 bits per heavy atom. The lowest BCUT2D eigenvalue weighted by atomic mass is 9.89. The fraction of sp³-hybridized carbons (Fsp3) is 1.00. The van der Waals surface area contributed by atoms with Crippen molar-refractivity contribution in [3.8, 4) is 0 Å². The molecule has 1 atom stereocenters. The van der Waals surface area contributed by atoms with Crippen LogP contribution in [0.5, 0.6) is 0 Å². The number of nitrogens with one attached hydrogen (secondary N) is 1. The summed E-state index contributed by atoms with van der Waals surface area (Å²) < 4.78 is 0. The molecule has 1 heterocycles. The first kappa shape index (κ1) is 12.1. The maximum absolute atomic E-state index is 3.69. The fourth-order valence-electron chi connectivity index (χ4n) is 2.49. The number of rotatable bonds is 4. The highest BCUT2D eigenvalue weighted by molar-refractivity contribution is 8.06. The van der Waals surface area contributed by atoms with Gasteiger partial charge in [-0.05, 0) is 25.3 Å². The first-order chi connectivity index (χ1) is 7.45. The summed E-state index contributed by atoms with van der Waals surface area (Å²) in [5, 5.41) is 4.57. The number of hydrogen-bond donors (Lipinski definition) is 1. The lowest BCUT2D eigenvalue weighted by molar-refractivity contribution is 0.343. The zero-order chi connectivity index (χ0) is 10.3. The van der Waals surface area contributed by atoms with E-state index in [1.54, 1.807) is 0 Å². The van der Waals surface area contributed by atoms with Crippen LogP contribution in [0, 0.1) is 5.92 Å². The standard InChI is InChI=1S/C12H23NS2/c1-2-4-11(5-3-1)8-13-9-12-10-14-6-7-15-12/h11-13H,1-10H2. The van der Waals surface area contributed by atoms with Crippen molar-refractivity contribution in [1.82, 2.24) is 5.32 Å². The molecule has 0 aromatic heterocycles. The Morgan fingerprint density at radius 3 is 2.60 bits per heavy atom. The summed E-state index contributed by atoms with van der Waals surface area (Å²) >= 11 is 4.29. The Balaban J connectivity index is 1.53. The van der Waals surface area contributed by atoms with Crippen LogP contribution in [0.1, 0.15) is 32.1 Å². The van der Waals surface area contributed by atoms with E-state index in [4.69, 9.17) is 0 Å². The third-order valence-electron chi connectivity index (χ3n) is 3.41. The van der Waals surface area contributed by atoms with Crippen LogP contribution < -0.4 is 5.32 Å². The van der Waals surface area contributed by atoms with Gasteiger partial charge in [-0.2, -0.15) is 23.5 Å². The van der Waals surface area contributed by atoms with Crippen LogP contribution in [0.25, 0.3) is 0 Å². The van der Waals surface area contributed by atoms with Gasteiger partial charge < -0.3 is 5.32 Å². The second kappa shape index (κ2) is 7.08. The van der Waals surface area contributed by atoms with Crippen molar-refractivity contribution in [3.63, 3.8) is 0 Å². The molecule has 3 heteroatoms. The molecule has 1 aliphatic carbocycles. The summed E-state index contributed by atoms with van der Waals surface area (Å²) in [6, 6.07) is 0. The highest BCUT2D eigenvalue weighted by Gasteiger charge is 2.16. The zero-order valence-corrected chi connectivity index (χ0v) is 11.2. The third kappa shape index (κ3) is 4.58. The molecule has 0 radical (unpaired) electrons. The van der Waals surface area contributed by atoms with Crippen LogP contribution in [-0.4, -0.2) is 35.6 Å². The van der Waals surface area contributed by atoms with E-state index in [1.165, 1.54) is 62.5 Å². The molecule has 2 aliphatic rings. The van der Waals surface area contributed by atoms with Gasteiger partial charge in [0.05, 0.1) is 0 Å². The first-order valence-electron chi connectivity index (χ1n) is 6.35. The average Bonchev–Trinajstić information content (AvgIpc) is 2.32. The van der Waals surface area contributed by atoms with E-state index in [1.807, 2.05) is 0 Å². The summed E-state index contributed by atoms with van der Waals surface area (Å²) in [5.74, 6) is 5.08. The van der Waals surface area contributed by atoms with Crippen molar-refractivity contribution in [2.75, 3.05) is 30.3 Å². The molecule has 1 aliphatic heterocycles. The average molecular weight is 245 g/mol. The SMILES string of the molecule is C1CCC(CNCC2CSCCS2)CC1. The summed E-state index contributed by atoms with van der Waals surface area (Å²) in [4.78, 5) is 0. The molecular weight excluding hydrogens is 222 g/mol. The van der Waals surface area contributed by atoms with Crippen LogP contribution in [0.4, 0.5) is 0 Å². The molecule has 1 N–H and O–H groups in total. The predicted octanol–water partition coefficient (Wildman–Crippen LogP) is 3.00. The quantitative estimate of drug-likeness (QED) is 0.818. The zero-order valence-electron chi connectivity index (χ0n) is 9.54. The van der Waals surface area contributed by atoms with Crippen LogP contribution in [0.2, 0.25) is 0 Å². The summed E-state index contributed by atoms with van der Waals surface area (Å²) in [6.07, 6.45) is 7.37. The molecule has 1 nitrogen and oxygen atoms in total. The lowest BCUT2D eigenvalue weighted by Crippen LogP contribution is -2.32. The van der Waals surface area contributed by atoms with Crippen LogP contribution in [0.3, 0.4) is 0 Å². The van der Waals surface area contributed by atoms with Gasteiger partial charge >= 0.3 is 0 Å². The van der Waals surface area contributed by atoms with E-state index in [-0.39, 0.29) is 0 Å². The Morgan fingerprint density at radius 1 is 1.00 bits per heavy atom. The topological polar surface area (TPSA) is 12.0 Å². The van der Waals surface area contributed by atoms with Gasteiger partial charge in [0.2, 0.25) is 0 Å². The van der Waals surface area contributed by atoms with Crippen molar-refractivity contribution < 1.29 is 0 Å². The maximum atomic E-state index is 3.69. The maximum Gasteiger partial charge on any atom is 0.0263 e. The molecule has 0 amide bonds. The van der Waals surface area contributed by atoms with Gasteiger partial charge in [-0.15, -0.1) is 0 Å². The number of hydrogen-bond acceptors (Lipinski definition) is 3. The van der Waals surface area contributed by atoms with Gasteiger partial charge in [0.15, 0.2) is 0 Å². The second-order valence-electron chi connectivity index (χ2n) is 4.73. The minimum Gasteiger partial charge on any atom is -0.315 e. The van der Waals surface area contributed by atoms with Gasteiger partial charge in [-0.3, -0.25) is 0 Å². The van der Waals surface area contributed by atoms with E-state index in [9.17, 15) is 0 Å². The molecule has 1 saturated carbocycles. The van der Waals surface area contributed by atoms with Crippen molar-refractivity contribution in [2.45, 2.75) is 37.4 Å². The van der Waals surface area contributed by atoms with Crippen molar-refractivity contribution in [2.24, 2.45) is 5.92 Å².